The molecule has 4 rings (SSSR count). The van der Waals surface area contributed by atoms with Gasteiger partial charge in [0.1, 0.15) is 0 Å². The molecule has 0 unspecified atom stereocenters. The monoisotopic (exact) mass is 327 g/mol. The maximum Gasteiger partial charge on any atom is 0.207 e. The zero-order valence-corrected chi connectivity index (χ0v) is 12.5. The molecule has 1 N–H and O–H groups in total. The van der Waals surface area contributed by atoms with Gasteiger partial charge in [0, 0.05) is 28.3 Å². The van der Waals surface area contributed by atoms with E-state index in [0.717, 1.165) is 16.1 Å². The van der Waals surface area contributed by atoms with Crippen LogP contribution in [-0.4, -0.2) is 15.6 Å². The van der Waals surface area contributed by atoms with Crippen molar-refractivity contribution in [3.8, 4) is 5.69 Å². The first-order valence-corrected chi connectivity index (χ1v) is 7.60. The van der Waals surface area contributed by atoms with Crippen LogP contribution in [0.25, 0.3) is 16.5 Å². The van der Waals surface area contributed by atoms with E-state index in [1.54, 1.807) is 0 Å². The third kappa shape index (κ3) is 2.00. The van der Waals surface area contributed by atoms with Crippen LogP contribution in [0.2, 0.25) is 0 Å². The molecule has 3 aromatic rings. The van der Waals surface area contributed by atoms with E-state index in [1.807, 2.05) is 12.4 Å². The lowest BCUT2D eigenvalue weighted by atomic mass is 10.1. The zero-order chi connectivity index (χ0) is 13.5. The van der Waals surface area contributed by atoms with Crippen LogP contribution in [0.3, 0.4) is 0 Å². The summed E-state index contributed by atoms with van der Waals surface area (Å²) in [5.74, 6) is 0.931. The molecule has 0 radical (unpaired) electrons. The Morgan fingerprint density at radius 1 is 1.10 bits per heavy atom. The van der Waals surface area contributed by atoms with Crippen LogP contribution in [0.5, 0.6) is 0 Å². The maximum absolute atomic E-state index is 4.44. The van der Waals surface area contributed by atoms with Crippen molar-refractivity contribution in [1.29, 1.82) is 0 Å². The molecule has 1 aliphatic carbocycles. The molecule has 0 amide bonds. The summed E-state index contributed by atoms with van der Waals surface area (Å²) in [6.07, 6.45) is 6.35. The minimum atomic E-state index is 0.595. The number of nitrogens with one attached hydrogen (secondary N) is 1. The fourth-order valence-electron chi connectivity index (χ4n) is 2.47. The summed E-state index contributed by atoms with van der Waals surface area (Å²) in [5.41, 5.74) is 1.16. The maximum atomic E-state index is 4.44. The summed E-state index contributed by atoms with van der Waals surface area (Å²) < 4.78 is 3.25. The van der Waals surface area contributed by atoms with Crippen molar-refractivity contribution in [2.24, 2.45) is 0 Å². The predicted octanol–water partition coefficient (Wildman–Crippen LogP) is 4.36. The van der Waals surface area contributed by atoms with Crippen LogP contribution in [0.4, 0.5) is 5.95 Å². The molecule has 100 valence electrons. The highest BCUT2D eigenvalue weighted by atomic mass is 79.9. The van der Waals surface area contributed by atoms with Gasteiger partial charge in [0.25, 0.3) is 0 Å². The molecule has 1 heterocycles. The molecule has 0 spiro atoms. The van der Waals surface area contributed by atoms with Gasteiger partial charge in [-0.1, -0.05) is 40.2 Å². The smallest absolute Gasteiger partial charge is 0.207 e. The summed E-state index contributed by atoms with van der Waals surface area (Å²) in [4.78, 5) is 4.44. The quantitative estimate of drug-likeness (QED) is 0.774. The summed E-state index contributed by atoms with van der Waals surface area (Å²) in [5, 5.41) is 5.92. The number of imidazole rings is 1. The lowest BCUT2D eigenvalue weighted by molar-refractivity contribution is 1.01. The third-order valence-corrected chi connectivity index (χ3v) is 4.35. The predicted molar refractivity (Wildman–Crippen MR) is 85.4 cm³/mol. The number of fused-ring (bicyclic) bond motifs is 1. The second-order valence-corrected chi connectivity index (χ2v) is 6.01. The molecule has 2 aromatic carbocycles. The van der Waals surface area contributed by atoms with E-state index in [0.29, 0.717) is 6.04 Å². The Bertz CT molecular complexity index is 774. The van der Waals surface area contributed by atoms with Crippen molar-refractivity contribution in [2.45, 2.75) is 18.9 Å². The summed E-state index contributed by atoms with van der Waals surface area (Å²) in [6.45, 7) is 0. The second kappa shape index (κ2) is 4.63. The number of aromatic nitrogens is 2. The molecule has 20 heavy (non-hydrogen) atoms. The van der Waals surface area contributed by atoms with Crippen LogP contribution >= 0.6 is 15.9 Å². The fourth-order valence-corrected chi connectivity index (χ4v) is 2.95. The van der Waals surface area contributed by atoms with E-state index in [-0.39, 0.29) is 0 Å². The van der Waals surface area contributed by atoms with E-state index in [4.69, 9.17) is 0 Å². The van der Waals surface area contributed by atoms with E-state index in [9.17, 15) is 0 Å². The minimum absolute atomic E-state index is 0.595. The molecular formula is C16H14BrN3. The Morgan fingerprint density at radius 2 is 1.90 bits per heavy atom. The van der Waals surface area contributed by atoms with Crippen LogP contribution in [0.1, 0.15) is 12.8 Å². The number of hydrogen-bond donors (Lipinski definition) is 1. The first kappa shape index (κ1) is 12.0. The van der Waals surface area contributed by atoms with Gasteiger partial charge in [0.15, 0.2) is 0 Å². The molecule has 3 nitrogen and oxygen atoms in total. The van der Waals surface area contributed by atoms with Gasteiger partial charge < -0.3 is 5.32 Å². The molecule has 0 saturated heterocycles. The second-order valence-electron chi connectivity index (χ2n) is 5.15. The lowest BCUT2D eigenvalue weighted by Gasteiger charge is -2.12. The minimum Gasteiger partial charge on any atom is -0.353 e. The average Bonchev–Trinajstić information content (AvgIpc) is 3.17. The van der Waals surface area contributed by atoms with Crippen molar-refractivity contribution in [2.75, 3.05) is 5.32 Å². The van der Waals surface area contributed by atoms with Crippen molar-refractivity contribution in [3.63, 3.8) is 0 Å². The highest BCUT2D eigenvalue weighted by Crippen LogP contribution is 2.31. The molecular weight excluding hydrogens is 314 g/mol. The fraction of sp³-hybridized carbons (Fsp3) is 0.188. The number of benzene rings is 2. The normalized spacial score (nSPS) is 14.7. The molecule has 0 aliphatic heterocycles. The topological polar surface area (TPSA) is 29.9 Å². The first-order chi connectivity index (χ1) is 9.83. The standard InChI is InChI=1S/C16H14BrN3/c17-14-7-8-15(13-4-2-1-3-12(13)14)20-10-9-18-16(20)19-11-5-6-11/h1-4,7-11H,5-6H2,(H,18,19). The summed E-state index contributed by atoms with van der Waals surface area (Å²) in [6, 6.07) is 13.2. The van der Waals surface area contributed by atoms with E-state index in [1.165, 1.54) is 23.6 Å². The van der Waals surface area contributed by atoms with E-state index in [2.05, 4.69) is 67.2 Å². The Kier molecular flexibility index (Phi) is 2.77. The van der Waals surface area contributed by atoms with E-state index < -0.39 is 0 Å². The highest BCUT2D eigenvalue weighted by molar-refractivity contribution is 9.10. The van der Waals surface area contributed by atoms with Crippen molar-refractivity contribution < 1.29 is 0 Å². The van der Waals surface area contributed by atoms with Crippen molar-refractivity contribution in [3.05, 3.63) is 53.3 Å². The Morgan fingerprint density at radius 3 is 2.70 bits per heavy atom. The van der Waals surface area contributed by atoms with E-state index >= 15 is 0 Å². The van der Waals surface area contributed by atoms with Crippen molar-refractivity contribution >= 4 is 32.7 Å². The molecule has 0 atom stereocenters. The lowest BCUT2D eigenvalue weighted by Crippen LogP contribution is -2.07. The van der Waals surface area contributed by atoms with Crippen LogP contribution in [0.15, 0.2) is 53.3 Å². The van der Waals surface area contributed by atoms with Gasteiger partial charge in [-0.2, -0.15) is 0 Å². The molecule has 1 aliphatic rings. The van der Waals surface area contributed by atoms with Crippen LogP contribution in [-0.2, 0) is 0 Å². The number of rotatable bonds is 3. The van der Waals surface area contributed by atoms with Crippen molar-refractivity contribution in [1.82, 2.24) is 9.55 Å². The SMILES string of the molecule is Brc1ccc(-n2ccnc2NC2CC2)c2ccccc12. The highest BCUT2D eigenvalue weighted by Gasteiger charge is 2.23. The average molecular weight is 328 g/mol. The Hall–Kier alpha value is -1.81. The summed E-state index contributed by atoms with van der Waals surface area (Å²) in [7, 11) is 0. The molecule has 1 saturated carbocycles. The first-order valence-electron chi connectivity index (χ1n) is 6.80. The molecule has 1 fully saturated rings. The van der Waals surface area contributed by atoms with Gasteiger partial charge in [-0.15, -0.1) is 0 Å². The molecule has 1 aromatic heterocycles. The Balaban J connectivity index is 1.90. The zero-order valence-electron chi connectivity index (χ0n) is 10.9. The van der Waals surface area contributed by atoms with Crippen LogP contribution < -0.4 is 5.32 Å². The van der Waals surface area contributed by atoms with Gasteiger partial charge in [-0.3, -0.25) is 4.57 Å². The summed E-state index contributed by atoms with van der Waals surface area (Å²) >= 11 is 3.62. The molecule has 4 heteroatoms. The number of halogens is 1. The van der Waals surface area contributed by atoms with Gasteiger partial charge in [-0.25, -0.2) is 4.98 Å². The van der Waals surface area contributed by atoms with Crippen LogP contribution in [0, 0.1) is 0 Å². The Labute approximate surface area is 125 Å². The largest absolute Gasteiger partial charge is 0.353 e. The number of hydrogen-bond acceptors (Lipinski definition) is 2. The van der Waals surface area contributed by atoms with Gasteiger partial charge in [0.05, 0.1) is 5.69 Å². The number of nitrogens with zero attached hydrogens (tertiary/aromatic N) is 2. The molecule has 0 bridgehead atoms. The van der Waals surface area contributed by atoms with Gasteiger partial charge in [0.2, 0.25) is 5.95 Å². The van der Waals surface area contributed by atoms with Gasteiger partial charge >= 0.3 is 0 Å². The number of anilines is 1. The third-order valence-electron chi connectivity index (χ3n) is 3.66. The van der Waals surface area contributed by atoms with Gasteiger partial charge in [-0.05, 0) is 30.4 Å².